The minimum Gasteiger partial charge on any atom is -0.352 e. The Bertz CT molecular complexity index is 743. The number of hydrogen-bond acceptors (Lipinski definition) is 2. The molecule has 2 aromatic rings. The van der Waals surface area contributed by atoms with E-state index in [0.717, 1.165) is 24.2 Å². The number of carbonyl (C=O) groups excluding carboxylic acids is 1. The Kier molecular flexibility index (Phi) is 9.64. The lowest BCUT2D eigenvalue weighted by atomic mass is 10.1. The molecular weight excluding hydrogens is 356 g/mol. The molecule has 0 atom stereocenters. The van der Waals surface area contributed by atoms with Crippen molar-refractivity contribution >= 4 is 29.4 Å². The molecule has 144 valence electrons. The van der Waals surface area contributed by atoms with Crippen LogP contribution in [0.1, 0.15) is 67.8 Å². The Morgan fingerprint density at radius 3 is 2.52 bits per heavy atom. The Morgan fingerprint density at radius 1 is 1.00 bits per heavy atom. The fourth-order valence-corrected chi connectivity index (χ4v) is 3.05. The van der Waals surface area contributed by atoms with Crippen LogP contribution in [-0.4, -0.2) is 18.7 Å². The van der Waals surface area contributed by atoms with E-state index in [9.17, 15) is 4.79 Å². The van der Waals surface area contributed by atoms with E-state index in [1.807, 2.05) is 42.5 Å². The van der Waals surface area contributed by atoms with Crippen LogP contribution in [0.5, 0.6) is 0 Å². The maximum absolute atomic E-state index is 12.3. The second-order valence-corrected chi connectivity index (χ2v) is 7.18. The fraction of sp³-hybridized carbons (Fsp3) is 0.391. The van der Waals surface area contributed by atoms with Gasteiger partial charge in [-0.15, -0.1) is 0 Å². The Balaban J connectivity index is 1.77. The van der Waals surface area contributed by atoms with Gasteiger partial charge in [0.1, 0.15) is 0 Å². The molecule has 0 radical (unpaired) electrons. The van der Waals surface area contributed by atoms with E-state index in [0.29, 0.717) is 10.6 Å². The highest BCUT2D eigenvalue weighted by molar-refractivity contribution is 6.30. The predicted octanol–water partition coefficient (Wildman–Crippen LogP) is 6.57. The SMILES string of the molecule is CCCCCCCCCNC(=O)c1cccc(N=Cc2cccc(Cl)c2)c1. The van der Waals surface area contributed by atoms with Gasteiger partial charge in [0.25, 0.3) is 5.91 Å². The molecule has 0 unspecified atom stereocenters. The average Bonchev–Trinajstić information content (AvgIpc) is 2.68. The molecule has 4 heteroatoms. The maximum atomic E-state index is 12.3. The Morgan fingerprint density at radius 2 is 1.74 bits per heavy atom. The molecular formula is C23H29ClN2O. The molecule has 2 rings (SSSR count). The van der Waals surface area contributed by atoms with Gasteiger partial charge in [-0.1, -0.05) is 75.2 Å². The van der Waals surface area contributed by atoms with Gasteiger partial charge in [0.2, 0.25) is 0 Å². The van der Waals surface area contributed by atoms with E-state index in [1.54, 1.807) is 12.3 Å². The van der Waals surface area contributed by atoms with Crippen LogP contribution in [0.3, 0.4) is 0 Å². The van der Waals surface area contributed by atoms with Crippen LogP contribution in [0.4, 0.5) is 5.69 Å². The van der Waals surface area contributed by atoms with E-state index >= 15 is 0 Å². The highest BCUT2D eigenvalue weighted by atomic mass is 35.5. The van der Waals surface area contributed by atoms with Crippen molar-refractivity contribution in [2.75, 3.05) is 6.54 Å². The standard InChI is InChI=1S/C23H29ClN2O/c1-2-3-4-5-6-7-8-15-25-23(27)20-12-10-14-22(17-20)26-18-19-11-9-13-21(24)16-19/h9-14,16-18H,2-8,15H2,1H3,(H,25,27). The number of unbranched alkanes of at least 4 members (excludes halogenated alkanes) is 6. The first kappa shape index (κ1) is 21.2. The molecule has 0 aliphatic heterocycles. The van der Waals surface area contributed by atoms with Crippen LogP contribution >= 0.6 is 11.6 Å². The van der Waals surface area contributed by atoms with Crippen LogP contribution in [0.15, 0.2) is 53.5 Å². The largest absolute Gasteiger partial charge is 0.352 e. The van der Waals surface area contributed by atoms with Gasteiger partial charge in [-0.3, -0.25) is 9.79 Å². The summed E-state index contributed by atoms with van der Waals surface area (Å²) in [5.74, 6) is -0.0409. The number of amides is 1. The van der Waals surface area contributed by atoms with E-state index in [4.69, 9.17) is 11.6 Å². The number of carbonyl (C=O) groups is 1. The van der Waals surface area contributed by atoms with E-state index in [2.05, 4.69) is 17.2 Å². The van der Waals surface area contributed by atoms with Crippen molar-refractivity contribution in [3.05, 3.63) is 64.7 Å². The molecule has 0 aromatic heterocycles. The molecule has 3 nitrogen and oxygen atoms in total. The lowest BCUT2D eigenvalue weighted by Crippen LogP contribution is -2.24. The molecule has 0 saturated heterocycles. The van der Waals surface area contributed by atoms with Crippen molar-refractivity contribution in [3.63, 3.8) is 0 Å². The molecule has 1 amide bonds. The summed E-state index contributed by atoms with van der Waals surface area (Å²) in [5.41, 5.74) is 2.31. The molecule has 0 spiro atoms. The summed E-state index contributed by atoms with van der Waals surface area (Å²) < 4.78 is 0. The molecule has 27 heavy (non-hydrogen) atoms. The van der Waals surface area contributed by atoms with Gasteiger partial charge in [-0.05, 0) is 42.3 Å². The van der Waals surface area contributed by atoms with Gasteiger partial charge in [-0.2, -0.15) is 0 Å². The molecule has 0 bridgehead atoms. The van der Waals surface area contributed by atoms with Crippen molar-refractivity contribution < 1.29 is 4.79 Å². The second-order valence-electron chi connectivity index (χ2n) is 6.74. The van der Waals surface area contributed by atoms with Crippen LogP contribution in [-0.2, 0) is 0 Å². The first-order valence-corrected chi connectivity index (χ1v) is 10.2. The fourth-order valence-electron chi connectivity index (χ4n) is 2.85. The third-order valence-electron chi connectivity index (χ3n) is 4.39. The average molecular weight is 385 g/mol. The summed E-state index contributed by atoms with van der Waals surface area (Å²) in [4.78, 5) is 16.8. The molecule has 1 N–H and O–H groups in total. The minimum atomic E-state index is -0.0409. The zero-order valence-electron chi connectivity index (χ0n) is 16.1. The summed E-state index contributed by atoms with van der Waals surface area (Å²) in [7, 11) is 0. The topological polar surface area (TPSA) is 41.5 Å². The summed E-state index contributed by atoms with van der Waals surface area (Å²) in [6.45, 7) is 2.95. The van der Waals surface area contributed by atoms with Gasteiger partial charge in [-0.25, -0.2) is 0 Å². The minimum absolute atomic E-state index is 0.0409. The number of halogens is 1. The van der Waals surface area contributed by atoms with Crippen LogP contribution in [0.25, 0.3) is 0 Å². The summed E-state index contributed by atoms with van der Waals surface area (Å²) in [5, 5.41) is 3.68. The van der Waals surface area contributed by atoms with Crippen molar-refractivity contribution in [2.24, 2.45) is 4.99 Å². The van der Waals surface area contributed by atoms with Crippen LogP contribution in [0.2, 0.25) is 5.02 Å². The lowest BCUT2D eigenvalue weighted by molar-refractivity contribution is 0.0953. The van der Waals surface area contributed by atoms with Gasteiger partial charge in [0.15, 0.2) is 0 Å². The van der Waals surface area contributed by atoms with Crippen molar-refractivity contribution in [3.8, 4) is 0 Å². The second kappa shape index (κ2) is 12.3. The van der Waals surface area contributed by atoms with Gasteiger partial charge in [0.05, 0.1) is 5.69 Å². The smallest absolute Gasteiger partial charge is 0.251 e. The Labute approximate surface area is 167 Å². The molecule has 0 heterocycles. The van der Waals surface area contributed by atoms with Crippen molar-refractivity contribution in [1.82, 2.24) is 5.32 Å². The number of nitrogens with zero attached hydrogens (tertiary/aromatic N) is 1. The lowest BCUT2D eigenvalue weighted by Gasteiger charge is -2.06. The van der Waals surface area contributed by atoms with Crippen LogP contribution in [0, 0.1) is 0 Å². The summed E-state index contributed by atoms with van der Waals surface area (Å²) >= 11 is 5.98. The van der Waals surface area contributed by atoms with Gasteiger partial charge < -0.3 is 5.32 Å². The maximum Gasteiger partial charge on any atom is 0.251 e. The third kappa shape index (κ3) is 8.40. The molecule has 2 aromatic carbocycles. The van der Waals surface area contributed by atoms with Gasteiger partial charge in [0, 0.05) is 23.3 Å². The first-order chi connectivity index (χ1) is 13.2. The molecule has 0 aliphatic rings. The monoisotopic (exact) mass is 384 g/mol. The zero-order chi connectivity index (χ0) is 19.3. The molecule has 0 aliphatic carbocycles. The number of rotatable bonds is 11. The molecule has 0 saturated carbocycles. The first-order valence-electron chi connectivity index (χ1n) is 9.87. The predicted molar refractivity (Wildman–Crippen MR) is 115 cm³/mol. The van der Waals surface area contributed by atoms with E-state index in [1.165, 1.54) is 38.5 Å². The van der Waals surface area contributed by atoms with Crippen molar-refractivity contribution in [1.29, 1.82) is 0 Å². The number of benzene rings is 2. The number of hydrogen-bond donors (Lipinski definition) is 1. The highest BCUT2D eigenvalue weighted by Crippen LogP contribution is 2.15. The summed E-state index contributed by atoms with van der Waals surface area (Å²) in [6.07, 6.45) is 10.4. The van der Waals surface area contributed by atoms with Crippen molar-refractivity contribution in [2.45, 2.75) is 51.9 Å². The normalized spacial score (nSPS) is 11.0. The summed E-state index contributed by atoms with van der Waals surface area (Å²) in [6, 6.07) is 14.9. The van der Waals surface area contributed by atoms with E-state index < -0.39 is 0 Å². The Hall–Kier alpha value is -2.13. The van der Waals surface area contributed by atoms with E-state index in [-0.39, 0.29) is 5.91 Å². The van der Waals surface area contributed by atoms with Gasteiger partial charge >= 0.3 is 0 Å². The molecule has 0 fully saturated rings. The third-order valence-corrected chi connectivity index (χ3v) is 4.62. The number of nitrogens with one attached hydrogen (secondary N) is 1. The zero-order valence-corrected chi connectivity index (χ0v) is 16.8. The van der Waals surface area contributed by atoms with Crippen LogP contribution < -0.4 is 5.32 Å². The highest BCUT2D eigenvalue weighted by Gasteiger charge is 2.05. The number of aliphatic imine (C=N–C) groups is 1. The quantitative estimate of drug-likeness (QED) is 0.345.